The van der Waals surface area contributed by atoms with Gasteiger partial charge < -0.3 is 0 Å². The summed E-state index contributed by atoms with van der Waals surface area (Å²) in [7, 11) is -1.09. The number of rotatable bonds is 4. The zero-order valence-electron chi connectivity index (χ0n) is 12.3. The Kier molecular flexibility index (Phi) is 4.16. The summed E-state index contributed by atoms with van der Waals surface area (Å²) in [4.78, 5) is 12.1. The Labute approximate surface area is 132 Å². The monoisotopic (exact) mass is 308 g/mol. The van der Waals surface area contributed by atoms with E-state index in [0.717, 1.165) is 21.2 Å². The maximum atomic E-state index is 12.5. The Bertz CT molecular complexity index is 851. The van der Waals surface area contributed by atoms with Crippen LogP contribution in [-0.2, 0) is 16.6 Å². The Morgan fingerprint density at radius 2 is 1.59 bits per heavy atom. The lowest BCUT2D eigenvalue weighted by Crippen LogP contribution is -1.98. The van der Waals surface area contributed by atoms with Crippen molar-refractivity contribution < 1.29 is 9.00 Å². The third-order valence-electron chi connectivity index (χ3n) is 3.64. The summed E-state index contributed by atoms with van der Waals surface area (Å²) < 4.78 is 12.5. The SMILES string of the molecule is CC(=O)c1ccc(CS(=O)c2ccc3ccccc3c2)cc1. The second-order valence-corrected chi connectivity index (χ2v) is 6.70. The molecule has 0 aliphatic carbocycles. The quantitative estimate of drug-likeness (QED) is 0.671. The number of hydrogen-bond donors (Lipinski definition) is 0. The van der Waals surface area contributed by atoms with E-state index in [2.05, 4.69) is 0 Å². The smallest absolute Gasteiger partial charge is 0.159 e. The lowest BCUT2D eigenvalue weighted by Gasteiger charge is -2.05. The molecule has 0 aromatic heterocycles. The van der Waals surface area contributed by atoms with Crippen molar-refractivity contribution in [3.63, 3.8) is 0 Å². The number of carbonyl (C=O) groups is 1. The number of ketones is 1. The summed E-state index contributed by atoms with van der Waals surface area (Å²) in [6.07, 6.45) is 0. The molecule has 0 fully saturated rings. The fourth-order valence-electron chi connectivity index (χ4n) is 2.38. The fraction of sp³-hybridized carbons (Fsp3) is 0.105. The summed E-state index contributed by atoms with van der Waals surface area (Å²) >= 11 is 0. The fourth-order valence-corrected chi connectivity index (χ4v) is 3.52. The van der Waals surface area contributed by atoms with Crippen LogP contribution >= 0.6 is 0 Å². The van der Waals surface area contributed by atoms with Gasteiger partial charge in [0.15, 0.2) is 5.78 Å². The number of carbonyl (C=O) groups excluding carboxylic acids is 1. The molecule has 0 saturated carbocycles. The van der Waals surface area contributed by atoms with Crippen LogP contribution in [0.3, 0.4) is 0 Å². The number of Topliss-reactive ketones (excluding diaryl/α,β-unsaturated/α-hetero) is 1. The standard InChI is InChI=1S/C19H16O2S/c1-14(20)16-8-6-15(7-9-16)13-22(21)19-11-10-17-4-2-3-5-18(17)12-19/h2-12H,13H2,1H3. The van der Waals surface area contributed by atoms with Crippen LogP contribution < -0.4 is 0 Å². The molecule has 0 amide bonds. The summed E-state index contributed by atoms with van der Waals surface area (Å²) in [5.41, 5.74) is 1.65. The van der Waals surface area contributed by atoms with Gasteiger partial charge >= 0.3 is 0 Å². The minimum atomic E-state index is -1.09. The number of fused-ring (bicyclic) bond motifs is 1. The van der Waals surface area contributed by atoms with Gasteiger partial charge in [0, 0.05) is 10.5 Å². The first kappa shape index (κ1) is 14.7. The molecule has 3 rings (SSSR count). The average Bonchev–Trinajstić information content (AvgIpc) is 2.55. The Hall–Kier alpha value is -2.26. The lowest BCUT2D eigenvalue weighted by molar-refractivity contribution is 0.101. The second kappa shape index (κ2) is 6.24. The highest BCUT2D eigenvalue weighted by atomic mass is 32.2. The van der Waals surface area contributed by atoms with Crippen molar-refractivity contribution in [1.29, 1.82) is 0 Å². The van der Waals surface area contributed by atoms with Gasteiger partial charge in [0.2, 0.25) is 0 Å². The van der Waals surface area contributed by atoms with Gasteiger partial charge in [0.05, 0.1) is 16.6 Å². The highest BCUT2D eigenvalue weighted by Gasteiger charge is 2.07. The normalized spacial score (nSPS) is 12.2. The van der Waals surface area contributed by atoms with E-state index in [4.69, 9.17) is 0 Å². The minimum Gasteiger partial charge on any atom is -0.295 e. The van der Waals surface area contributed by atoms with Gasteiger partial charge in [-0.05, 0) is 35.4 Å². The highest BCUT2D eigenvalue weighted by Crippen LogP contribution is 2.20. The first-order valence-electron chi connectivity index (χ1n) is 7.10. The van der Waals surface area contributed by atoms with E-state index in [0.29, 0.717) is 11.3 Å². The van der Waals surface area contributed by atoms with Crippen LogP contribution in [0.1, 0.15) is 22.8 Å². The average molecular weight is 308 g/mol. The molecule has 1 atom stereocenters. The molecule has 1 unspecified atom stereocenters. The van der Waals surface area contributed by atoms with Gasteiger partial charge in [-0.1, -0.05) is 54.6 Å². The topological polar surface area (TPSA) is 34.1 Å². The van der Waals surface area contributed by atoms with Gasteiger partial charge in [-0.2, -0.15) is 0 Å². The number of hydrogen-bond acceptors (Lipinski definition) is 2. The molecule has 0 aliphatic rings. The molecule has 0 heterocycles. The van der Waals surface area contributed by atoms with Crippen molar-refractivity contribution >= 4 is 27.4 Å². The van der Waals surface area contributed by atoms with E-state index < -0.39 is 10.8 Å². The Morgan fingerprint density at radius 1 is 0.909 bits per heavy atom. The maximum absolute atomic E-state index is 12.5. The molecule has 110 valence electrons. The van der Waals surface area contributed by atoms with Crippen molar-refractivity contribution in [3.8, 4) is 0 Å². The minimum absolute atomic E-state index is 0.0437. The van der Waals surface area contributed by atoms with Crippen LogP contribution in [0.2, 0.25) is 0 Å². The molecule has 0 aliphatic heterocycles. The van der Waals surface area contributed by atoms with Crippen molar-refractivity contribution in [2.75, 3.05) is 0 Å². The van der Waals surface area contributed by atoms with Crippen LogP contribution in [0.25, 0.3) is 10.8 Å². The molecule has 3 aromatic rings. The number of benzene rings is 3. The van der Waals surface area contributed by atoms with Gasteiger partial charge in [-0.3, -0.25) is 9.00 Å². The molecule has 3 heteroatoms. The van der Waals surface area contributed by atoms with Crippen LogP contribution in [-0.4, -0.2) is 9.99 Å². The summed E-state index contributed by atoms with van der Waals surface area (Å²) in [5, 5.41) is 2.24. The van der Waals surface area contributed by atoms with Crippen LogP contribution in [0.15, 0.2) is 71.6 Å². The Morgan fingerprint density at radius 3 is 2.27 bits per heavy atom. The van der Waals surface area contributed by atoms with Crippen LogP contribution in [0.4, 0.5) is 0 Å². The summed E-state index contributed by atoms with van der Waals surface area (Å²) in [6, 6.07) is 21.3. The predicted octanol–water partition coefficient (Wildman–Crippen LogP) is 4.35. The third-order valence-corrected chi connectivity index (χ3v) is 5.02. The zero-order valence-corrected chi connectivity index (χ0v) is 13.1. The lowest BCUT2D eigenvalue weighted by atomic mass is 10.1. The van der Waals surface area contributed by atoms with Gasteiger partial charge in [0.1, 0.15) is 0 Å². The zero-order chi connectivity index (χ0) is 15.5. The highest BCUT2D eigenvalue weighted by molar-refractivity contribution is 7.84. The van der Waals surface area contributed by atoms with Crippen molar-refractivity contribution in [2.45, 2.75) is 17.6 Å². The second-order valence-electron chi connectivity index (χ2n) is 5.25. The molecular weight excluding hydrogens is 292 g/mol. The van der Waals surface area contributed by atoms with E-state index in [-0.39, 0.29) is 5.78 Å². The van der Waals surface area contributed by atoms with E-state index in [1.807, 2.05) is 54.6 Å². The van der Waals surface area contributed by atoms with Crippen molar-refractivity contribution in [2.24, 2.45) is 0 Å². The maximum Gasteiger partial charge on any atom is 0.159 e. The molecule has 3 aromatic carbocycles. The molecular formula is C19H16O2S. The van der Waals surface area contributed by atoms with Gasteiger partial charge in [0.25, 0.3) is 0 Å². The van der Waals surface area contributed by atoms with E-state index in [1.54, 1.807) is 19.1 Å². The molecule has 0 bridgehead atoms. The summed E-state index contributed by atoms with van der Waals surface area (Å²) in [5.74, 6) is 0.499. The van der Waals surface area contributed by atoms with Gasteiger partial charge in [-0.25, -0.2) is 0 Å². The molecule has 0 spiro atoms. The van der Waals surface area contributed by atoms with Crippen LogP contribution in [0.5, 0.6) is 0 Å². The first-order chi connectivity index (χ1) is 10.6. The third kappa shape index (κ3) is 3.15. The summed E-state index contributed by atoms with van der Waals surface area (Å²) in [6.45, 7) is 1.54. The molecule has 22 heavy (non-hydrogen) atoms. The molecule has 0 saturated heterocycles. The van der Waals surface area contributed by atoms with Gasteiger partial charge in [-0.15, -0.1) is 0 Å². The van der Waals surface area contributed by atoms with E-state index in [9.17, 15) is 9.00 Å². The molecule has 0 N–H and O–H groups in total. The largest absolute Gasteiger partial charge is 0.295 e. The van der Waals surface area contributed by atoms with E-state index in [1.165, 1.54) is 0 Å². The Balaban J connectivity index is 1.81. The molecule has 0 radical (unpaired) electrons. The first-order valence-corrected chi connectivity index (χ1v) is 8.42. The van der Waals surface area contributed by atoms with Crippen molar-refractivity contribution in [1.82, 2.24) is 0 Å². The van der Waals surface area contributed by atoms with Crippen LogP contribution in [0, 0.1) is 0 Å². The predicted molar refractivity (Wildman–Crippen MR) is 90.5 cm³/mol. The molecule has 2 nitrogen and oxygen atoms in total. The van der Waals surface area contributed by atoms with Crippen molar-refractivity contribution in [3.05, 3.63) is 77.9 Å². The van der Waals surface area contributed by atoms with E-state index >= 15 is 0 Å².